The van der Waals surface area contributed by atoms with Crippen LogP contribution in [0.5, 0.6) is 0 Å². The molecule has 0 saturated carbocycles. The highest BCUT2D eigenvalue weighted by molar-refractivity contribution is 6.04. The van der Waals surface area contributed by atoms with E-state index in [-0.39, 0.29) is 17.7 Å². The van der Waals surface area contributed by atoms with Gasteiger partial charge in [0, 0.05) is 12.5 Å². The maximum atomic E-state index is 11.7. The highest BCUT2D eigenvalue weighted by Crippen LogP contribution is 2.19. The Hall–Kier alpha value is -1.90. The number of carbonyl (C=O) groups excluding carboxylic acids is 2. The van der Waals surface area contributed by atoms with E-state index in [1.165, 1.54) is 6.92 Å². The number of ketones is 1. The summed E-state index contributed by atoms with van der Waals surface area (Å²) in [6.07, 6.45) is 5.16. The van der Waals surface area contributed by atoms with Crippen molar-refractivity contribution in [3.8, 4) is 0 Å². The van der Waals surface area contributed by atoms with Crippen LogP contribution in [-0.2, 0) is 4.79 Å². The van der Waals surface area contributed by atoms with Crippen molar-refractivity contribution in [1.29, 1.82) is 0 Å². The first-order chi connectivity index (χ1) is 9.08. The lowest BCUT2D eigenvalue weighted by atomic mass is 9.99. The highest BCUT2D eigenvalue weighted by Gasteiger charge is 2.12. The SMILES string of the molecule is C/C=C/C(=O)c1ccc(C(CCC)NC(C)=O)cc1. The van der Waals surface area contributed by atoms with Crippen LogP contribution in [0.1, 0.15) is 55.6 Å². The zero-order chi connectivity index (χ0) is 14.3. The van der Waals surface area contributed by atoms with E-state index in [0.717, 1.165) is 18.4 Å². The van der Waals surface area contributed by atoms with Crippen LogP contribution in [0.2, 0.25) is 0 Å². The summed E-state index contributed by atoms with van der Waals surface area (Å²) in [5.74, 6) is -0.0341. The van der Waals surface area contributed by atoms with E-state index in [2.05, 4.69) is 12.2 Å². The van der Waals surface area contributed by atoms with Crippen molar-refractivity contribution in [2.24, 2.45) is 0 Å². The van der Waals surface area contributed by atoms with Crippen molar-refractivity contribution in [2.45, 2.75) is 39.7 Å². The highest BCUT2D eigenvalue weighted by atomic mass is 16.1. The fourth-order valence-electron chi connectivity index (χ4n) is 1.98. The van der Waals surface area contributed by atoms with Crippen LogP contribution < -0.4 is 5.32 Å². The summed E-state index contributed by atoms with van der Waals surface area (Å²) < 4.78 is 0. The van der Waals surface area contributed by atoms with Crippen LogP contribution in [0.15, 0.2) is 36.4 Å². The number of hydrogen-bond acceptors (Lipinski definition) is 2. The topological polar surface area (TPSA) is 46.2 Å². The molecular weight excluding hydrogens is 238 g/mol. The van der Waals surface area contributed by atoms with Gasteiger partial charge in [-0.05, 0) is 25.0 Å². The van der Waals surface area contributed by atoms with E-state index in [1.54, 1.807) is 12.2 Å². The first kappa shape index (κ1) is 15.2. The van der Waals surface area contributed by atoms with Crippen LogP contribution in [0, 0.1) is 0 Å². The Kier molecular flexibility index (Phi) is 6.00. The first-order valence-electron chi connectivity index (χ1n) is 6.62. The van der Waals surface area contributed by atoms with Gasteiger partial charge in [0.2, 0.25) is 5.91 Å². The Labute approximate surface area is 114 Å². The van der Waals surface area contributed by atoms with Crippen molar-refractivity contribution in [3.63, 3.8) is 0 Å². The molecule has 1 atom stereocenters. The third-order valence-electron chi connectivity index (χ3n) is 2.87. The van der Waals surface area contributed by atoms with E-state index >= 15 is 0 Å². The maximum absolute atomic E-state index is 11.7. The fraction of sp³-hybridized carbons (Fsp3) is 0.375. The zero-order valence-electron chi connectivity index (χ0n) is 11.8. The molecule has 0 spiro atoms. The lowest BCUT2D eigenvalue weighted by molar-refractivity contribution is -0.119. The van der Waals surface area contributed by atoms with E-state index < -0.39 is 0 Å². The van der Waals surface area contributed by atoms with E-state index in [0.29, 0.717) is 5.56 Å². The summed E-state index contributed by atoms with van der Waals surface area (Å²) in [7, 11) is 0. The molecule has 0 fully saturated rings. The molecular formula is C16H21NO2. The molecule has 0 aliphatic heterocycles. The van der Waals surface area contributed by atoms with Gasteiger partial charge in [-0.25, -0.2) is 0 Å². The van der Waals surface area contributed by atoms with Gasteiger partial charge in [0.05, 0.1) is 6.04 Å². The van der Waals surface area contributed by atoms with Gasteiger partial charge < -0.3 is 5.32 Å². The number of amides is 1. The van der Waals surface area contributed by atoms with E-state index in [4.69, 9.17) is 0 Å². The zero-order valence-corrected chi connectivity index (χ0v) is 11.8. The molecule has 0 saturated heterocycles. The normalized spacial score (nSPS) is 12.4. The molecule has 0 aliphatic rings. The molecule has 1 rings (SSSR count). The smallest absolute Gasteiger partial charge is 0.217 e. The quantitative estimate of drug-likeness (QED) is 0.628. The standard InChI is InChI=1S/C16H21NO2/c1-4-6-15(17-12(3)18)13-8-10-14(11-9-13)16(19)7-5-2/h5,7-11,15H,4,6H2,1-3H3,(H,17,18)/b7-5+. The molecule has 3 nitrogen and oxygen atoms in total. The van der Waals surface area contributed by atoms with Gasteiger partial charge in [0.25, 0.3) is 0 Å². The molecule has 0 bridgehead atoms. The molecule has 1 aromatic carbocycles. The van der Waals surface area contributed by atoms with Crippen LogP contribution in [0.3, 0.4) is 0 Å². The van der Waals surface area contributed by atoms with Gasteiger partial charge in [-0.3, -0.25) is 9.59 Å². The molecule has 1 aromatic rings. The Balaban J connectivity index is 2.88. The van der Waals surface area contributed by atoms with Crippen molar-refractivity contribution in [1.82, 2.24) is 5.32 Å². The van der Waals surface area contributed by atoms with Gasteiger partial charge in [-0.1, -0.05) is 43.7 Å². The Morgan fingerprint density at radius 1 is 1.26 bits per heavy atom. The number of nitrogens with one attached hydrogen (secondary N) is 1. The number of hydrogen-bond donors (Lipinski definition) is 1. The monoisotopic (exact) mass is 259 g/mol. The van der Waals surface area contributed by atoms with Crippen molar-refractivity contribution >= 4 is 11.7 Å². The molecule has 0 aliphatic carbocycles. The van der Waals surface area contributed by atoms with Gasteiger partial charge in [-0.15, -0.1) is 0 Å². The predicted molar refractivity (Wildman–Crippen MR) is 77.1 cm³/mol. The molecule has 1 N–H and O–H groups in total. The van der Waals surface area contributed by atoms with Gasteiger partial charge >= 0.3 is 0 Å². The minimum atomic E-state index is -0.0347. The van der Waals surface area contributed by atoms with Crippen molar-refractivity contribution < 1.29 is 9.59 Å². The fourth-order valence-corrected chi connectivity index (χ4v) is 1.98. The van der Waals surface area contributed by atoms with Gasteiger partial charge in [0.15, 0.2) is 5.78 Å². The summed E-state index contributed by atoms with van der Waals surface area (Å²) in [5, 5.41) is 2.93. The minimum absolute atomic E-state index is 0.000573. The number of rotatable bonds is 6. The summed E-state index contributed by atoms with van der Waals surface area (Å²) in [5.41, 5.74) is 1.70. The molecule has 0 heterocycles. The lowest BCUT2D eigenvalue weighted by Crippen LogP contribution is -2.25. The Morgan fingerprint density at radius 2 is 1.89 bits per heavy atom. The summed E-state index contributed by atoms with van der Waals surface area (Å²) in [4.78, 5) is 22.9. The second-order valence-electron chi connectivity index (χ2n) is 4.53. The number of carbonyl (C=O) groups is 2. The predicted octanol–water partition coefficient (Wildman–Crippen LogP) is 3.42. The maximum Gasteiger partial charge on any atom is 0.217 e. The second-order valence-corrected chi connectivity index (χ2v) is 4.53. The van der Waals surface area contributed by atoms with Crippen LogP contribution in [0.25, 0.3) is 0 Å². The second kappa shape index (κ2) is 7.52. The number of benzene rings is 1. The molecule has 1 unspecified atom stereocenters. The first-order valence-corrected chi connectivity index (χ1v) is 6.62. The molecule has 19 heavy (non-hydrogen) atoms. The molecule has 0 aromatic heterocycles. The van der Waals surface area contributed by atoms with Gasteiger partial charge in [-0.2, -0.15) is 0 Å². The average molecular weight is 259 g/mol. The largest absolute Gasteiger partial charge is 0.350 e. The molecule has 1 amide bonds. The van der Waals surface area contributed by atoms with E-state index in [1.807, 2.05) is 31.2 Å². The van der Waals surface area contributed by atoms with E-state index in [9.17, 15) is 9.59 Å². The average Bonchev–Trinajstić information content (AvgIpc) is 2.38. The third kappa shape index (κ3) is 4.70. The summed E-state index contributed by atoms with van der Waals surface area (Å²) in [6.45, 7) is 5.42. The molecule has 3 heteroatoms. The lowest BCUT2D eigenvalue weighted by Gasteiger charge is -2.17. The summed E-state index contributed by atoms with van der Waals surface area (Å²) in [6, 6.07) is 7.46. The molecule has 102 valence electrons. The van der Waals surface area contributed by atoms with Crippen molar-refractivity contribution in [3.05, 3.63) is 47.5 Å². The molecule has 0 radical (unpaired) electrons. The summed E-state index contributed by atoms with van der Waals surface area (Å²) >= 11 is 0. The van der Waals surface area contributed by atoms with Crippen molar-refractivity contribution in [2.75, 3.05) is 0 Å². The number of allylic oxidation sites excluding steroid dienone is 2. The van der Waals surface area contributed by atoms with Crippen LogP contribution >= 0.6 is 0 Å². The van der Waals surface area contributed by atoms with Crippen LogP contribution in [-0.4, -0.2) is 11.7 Å². The third-order valence-corrected chi connectivity index (χ3v) is 2.87. The Morgan fingerprint density at radius 3 is 2.37 bits per heavy atom. The minimum Gasteiger partial charge on any atom is -0.350 e. The Bertz CT molecular complexity index is 460. The van der Waals surface area contributed by atoms with Crippen LogP contribution in [0.4, 0.5) is 0 Å². The van der Waals surface area contributed by atoms with Gasteiger partial charge in [0.1, 0.15) is 0 Å².